The lowest BCUT2D eigenvalue weighted by Crippen LogP contribution is -2.37. The Morgan fingerprint density at radius 1 is 1.23 bits per heavy atom. The first-order valence-corrected chi connectivity index (χ1v) is 8.15. The van der Waals surface area contributed by atoms with Crippen LogP contribution in [0.2, 0.25) is 0 Å². The maximum atomic E-state index is 11.6. The van der Waals surface area contributed by atoms with Crippen molar-refractivity contribution in [1.82, 2.24) is 0 Å². The minimum atomic E-state index is -3.57. The second-order valence-corrected chi connectivity index (χ2v) is 7.14. The minimum absolute atomic E-state index is 0.165. The van der Waals surface area contributed by atoms with E-state index in [1.807, 2.05) is 13.8 Å². The van der Waals surface area contributed by atoms with Crippen molar-refractivity contribution in [3.63, 3.8) is 0 Å². The number of carboxylic acid groups (broad SMARTS) is 1. The largest absolute Gasteiger partial charge is 0.480 e. The highest BCUT2D eigenvalue weighted by Gasteiger charge is 2.32. The summed E-state index contributed by atoms with van der Waals surface area (Å²) in [5.74, 6) is -1.04. The monoisotopic (exact) mass is 328 g/mol. The lowest BCUT2D eigenvalue weighted by atomic mass is 10.1. The second-order valence-electron chi connectivity index (χ2n) is 5.36. The van der Waals surface area contributed by atoms with Crippen LogP contribution in [0.5, 0.6) is 0 Å². The van der Waals surface area contributed by atoms with Crippen LogP contribution < -0.4 is 10.0 Å². The van der Waals surface area contributed by atoms with E-state index in [1.54, 1.807) is 12.1 Å². The van der Waals surface area contributed by atoms with Gasteiger partial charge in [-0.1, -0.05) is 13.8 Å². The zero-order valence-corrected chi connectivity index (χ0v) is 13.5. The van der Waals surface area contributed by atoms with E-state index in [1.165, 1.54) is 19.1 Å². The fourth-order valence-corrected chi connectivity index (χ4v) is 3.39. The summed E-state index contributed by atoms with van der Waals surface area (Å²) in [4.78, 5) is 21.3. The van der Waals surface area contributed by atoms with E-state index in [0.29, 0.717) is 18.0 Å². The van der Waals surface area contributed by atoms with Gasteiger partial charge in [0.2, 0.25) is 5.91 Å². The van der Waals surface area contributed by atoms with E-state index in [9.17, 15) is 18.0 Å². The van der Waals surface area contributed by atoms with Crippen molar-refractivity contribution < 1.29 is 23.1 Å². The number of carbonyl (C=O) groups is 2. The van der Waals surface area contributed by atoms with Crippen LogP contribution in [0.15, 0.2) is 29.2 Å². The molecule has 0 unspecified atom stereocenters. The predicted molar refractivity (Wildman–Crippen MR) is 81.9 cm³/mol. The highest BCUT2D eigenvalue weighted by Crippen LogP contribution is 2.30. The van der Waals surface area contributed by atoms with Gasteiger partial charge in [0.25, 0.3) is 10.0 Å². The van der Waals surface area contributed by atoms with Crippen LogP contribution >= 0.6 is 0 Å². The number of aliphatic carboxylic acids is 1. The fourth-order valence-electron chi connectivity index (χ4n) is 1.96. The topological polar surface area (TPSA) is 118 Å². The molecular formula is C14H20N2O5S. The van der Waals surface area contributed by atoms with Crippen molar-refractivity contribution in [3.05, 3.63) is 24.3 Å². The standard InChI is InChI=1S/C8H7NO3S.C6H13NO2/c1-6(10)9-7-2-4-8(5-3-7)13(9,11)12;1-4(2)3-5(7)6(8)9/h2-5H,1H3;4-5H,3,7H2,1-2H3,(H,8,9)/t;5-/m.0/s1. The molecule has 0 radical (unpaired) electrons. The third-order valence-corrected chi connectivity index (χ3v) is 4.75. The zero-order chi connectivity index (χ0) is 17.1. The number of hydrogen-bond donors (Lipinski definition) is 2. The summed E-state index contributed by atoms with van der Waals surface area (Å²) in [6.07, 6.45) is 0.551. The van der Waals surface area contributed by atoms with Gasteiger partial charge >= 0.3 is 5.97 Å². The molecule has 2 aliphatic rings. The number of hydrogen-bond acceptors (Lipinski definition) is 5. The number of anilines is 1. The fraction of sp³-hybridized carbons (Fsp3) is 0.429. The highest BCUT2D eigenvalue weighted by molar-refractivity contribution is 7.93. The van der Waals surface area contributed by atoms with Gasteiger partial charge in [-0.15, -0.1) is 0 Å². The van der Waals surface area contributed by atoms with Crippen LogP contribution in [0.25, 0.3) is 0 Å². The Labute approximate surface area is 129 Å². The predicted octanol–water partition coefficient (Wildman–Crippen LogP) is 1.19. The molecule has 3 rings (SSSR count). The Morgan fingerprint density at radius 2 is 1.73 bits per heavy atom. The van der Waals surface area contributed by atoms with E-state index in [-0.39, 0.29) is 4.90 Å². The van der Waals surface area contributed by atoms with Crippen molar-refractivity contribution in [2.45, 2.75) is 38.1 Å². The summed E-state index contributed by atoms with van der Waals surface area (Å²) in [5, 5.41) is 8.31. The number of nitrogens with zero attached hydrogens (tertiary/aromatic N) is 1. The third-order valence-electron chi connectivity index (χ3n) is 2.94. The molecule has 0 aliphatic carbocycles. The van der Waals surface area contributed by atoms with Gasteiger partial charge in [0.05, 0.1) is 10.6 Å². The lowest BCUT2D eigenvalue weighted by Gasteiger charge is -2.25. The van der Waals surface area contributed by atoms with Gasteiger partial charge in [0, 0.05) is 6.92 Å². The Balaban J connectivity index is 0.000000239. The second kappa shape index (κ2) is 6.89. The Morgan fingerprint density at radius 3 is 1.95 bits per heavy atom. The van der Waals surface area contributed by atoms with Crippen molar-refractivity contribution in [2.24, 2.45) is 11.7 Å². The summed E-state index contributed by atoms with van der Waals surface area (Å²) in [7, 11) is -3.57. The number of nitrogens with two attached hydrogens (primary N) is 1. The number of sulfonamides is 1. The molecule has 2 bridgehead atoms. The molecule has 22 heavy (non-hydrogen) atoms. The molecule has 1 aromatic rings. The number of rotatable bonds is 3. The molecule has 2 heterocycles. The van der Waals surface area contributed by atoms with Gasteiger partial charge in [0.15, 0.2) is 0 Å². The summed E-state index contributed by atoms with van der Waals surface area (Å²) in [5.41, 5.74) is 5.62. The molecule has 1 aromatic carbocycles. The molecular weight excluding hydrogens is 308 g/mol. The lowest BCUT2D eigenvalue weighted by molar-refractivity contribution is -0.138. The molecule has 8 heteroatoms. The van der Waals surface area contributed by atoms with E-state index < -0.39 is 27.9 Å². The van der Waals surface area contributed by atoms with Gasteiger partial charge in [0.1, 0.15) is 6.04 Å². The molecule has 7 nitrogen and oxygen atoms in total. The van der Waals surface area contributed by atoms with Gasteiger partial charge in [-0.25, -0.2) is 12.7 Å². The molecule has 0 saturated carbocycles. The number of carbonyl (C=O) groups excluding carboxylic acids is 1. The zero-order valence-electron chi connectivity index (χ0n) is 12.7. The third kappa shape index (κ3) is 4.05. The van der Waals surface area contributed by atoms with E-state index in [2.05, 4.69) is 0 Å². The normalized spacial score (nSPS) is 16.0. The molecule has 1 amide bonds. The Kier molecular flexibility index (Phi) is 5.67. The molecule has 3 N–H and O–H groups in total. The van der Waals surface area contributed by atoms with Gasteiger partial charge in [-0.3, -0.25) is 9.59 Å². The van der Waals surface area contributed by atoms with Crippen LogP contribution in [0, 0.1) is 5.92 Å². The van der Waals surface area contributed by atoms with Crippen LogP contribution in [-0.2, 0) is 19.6 Å². The van der Waals surface area contributed by atoms with Gasteiger partial charge in [-0.2, -0.15) is 0 Å². The van der Waals surface area contributed by atoms with Crippen LogP contribution in [-0.4, -0.2) is 31.4 Å². The number of carboxylic acids is 1. The molecule has 0 fully saturated rings. The van der Waals surface area contributed by atoms with Crippen molar-refractivity contribution in [3.8, 4) is 0 Å². The first kappa shape index (κ1) is 18.1. The van der Waals surface area contributed by atoms with Crippen molar-refractivity contribution >= 4 is 27.6 Å². The first-order chi connectivity index (χ1) is 10.1. The van der Waals surface area contributed by atoms with Crippen molar-refractivity contribution in [2.75, 3.05) is 4.31 Å². The quantitative estimate of drug-likeness (QED) is 0.860. The number of fused-ring (bicyclic) bond motifs is 3. The maximum absolute atomic E-state index is 11.6. The average molecular weight is 328 g/mol. The van der Waals surface area contributed by atoms with Crippen LogP contribution in [0.1, 0.15) is 27.2 Å². The van der Waals surface area contributed by atoms with Gasteiger partial charge < -0.3 is 10.8 Å². The van der Waals surface area contributed by atoms with Crippen molar-refractivity contribution in [1.29, 1.82) is 0 Å². The molecule has 2 aliphatic heterocycles. The summed E-state index contributed by atoms with van der Waals surface area (Å²) >= 11 is 0. The maximum Gasteiger partial charge on any atom is 0.320 e. The van der Waals surface area contributed by atoms with Crippen LogP contribution in [0.3, 0.4) is 0 Å². The molecule has 0 saturated heterocycles. The van der Waals surface area contributed by atoms with Gasteiger partial charge in [-0.05, 0) is 36.6 Å². The molecule has 122 valence electrons. The minimum Gasteiger partial charge on any atom is -0.480 e. The SMILES string of the molecule is CC(=O)N1c2ccc(cc2)S1(=O)=O.CC(C)C[C@H](N)C(=O)O. The summed E-state index contributed by atoms with van der Waals surface area (Å²) in [6, 6.07) is 5.51. The smallest absolute Gasteiger partial charge is 0.320 e. The Hall–Kier alpha value is -1.93. The number of benzene rings is 1. The highest BCUT2D eigenvalue weighted by atomic mass is 32.2. The number of amides is 1. The first-order valence-electron chi connectivity index (χ1n) is 6.71. The van der Waals surface area contributed by atoms with Crippen LogP contribution in [0.4, 0.5) is 5.69 Å². The molecule has 0 aromatic heterocycles. The van der Waals surface area contributed by atoms with E-state index in [4.69, 9.17) is 10.8 Å². The summed E-state index contributed by atoms with van der Waals surface area (Å²) in [6.45, 7) is 5.12. The molecule has 0 spiro atoms. The summed E-state index contributed by atoms with van der Waals surface area (Å²) < 4.78 is 23.9. The Bertz CT molecular complexity index is 652. The molecule has 1 atom stereocenters. The average Bonchev–Trinajstić information content (AvgIpc) is 2.38. The van der Waals surface area contributed by atoms with E-state index in [0.717, 1.165) is 4.31 Å². The van der Waals surface area contributed by atoms with E-state index >= 15 is 0 Å².